The van der Waals surface area contributed by atoms with Crippen molar-refractivity contribution in [3.8, 4) is 11.3 Å². The molecule has 7 nitrogen and oxygen atoms in total. The molecule has 9 heteroatoms. The number of hydrogen-bond acceptors (Lipinski definition) is 7. The highest BCUT2D eigenvalue weighted by atomic mass is 32.1. The third kappa shape index (κ3) is 3.94. The number of aromatic nitrogens is 4. The molecule has 1 saturated heterocycles. The maximum atomic E-state index is 13.5. The minimum atomic E-state index is -0.358. The number of likely N-dealkylation sites (N-methyl/N-ethyl adjacent to an activating group) is 1. The summed E-state index contributed by atoms with van der Waals surface area (Å²) in [4.78, 5) is 32.7. The van der Waals surface area contributed by atoms with Gasteiger partial charge in [-0.15, -0.1) is 11.3 Å². The van der Waals surface area contributed by atoms with Crippen LogP contribution in [0.15, 0.2) is 52.8 Å². The van der Waals surface area contributed by atoms with Gasteiger partial charge in [0.05, 0.1) is 12.7 Å². The van der Waals surface area contributed by atoms with Crippen LogP contribution in [0.25, 0.3) is 22.4 Å². The quantitative estimate of drug-likeness (QED) is 0.490. The van der Waals surface area contributed by atoms with Crippen molar-refractivity contribution in [1.82, 2.24) is 24.4 Å². The van der Waals surface area contributed by atoms with Crippen molar-refractivity contribution in [2.75, 3.05) is 38.1 Å². The maximum Gasteiger partial charge on any atom is 0.279 e. The van der Waals surface area contributed by atoms with Crippen LogP contribution >= 0.6 is 11.3 Å². The number of hydrogen-bond donors (Lipinski definition) is 0. The number of piperazine rings is 1. The van der Waals surface area contributed by atoms with Crippen LogP contribution in [0.3, 0.4) is 0 Å². The largest absolute Gasteiger partial charge is 0.338 e. The van der Waals surface area contributed by atoms with Gasteiger partial charge in [-0.25, -0.2) is 14.4 Å². The summed E-state index contributed by atoms with van der Waals surface area (Å²) in [6, 6.07) is 9.75. The Balaban J connectivity index is 1.66. The summed E-state index contributed by atoms with van der Waals surface area (Å²) in [5, 5.41) is 1.98. The van der Waals surface area contributed by atoms with Crippen molar-refractivity contribution >= 4 is 28.4 Å². The average molecular weight is 437 g/mol. The fourth-order valence-corrected chi connectivity index (χ4v) is 4.38. The predicted molar refractivity (Wildman–Crippen MR) is 120 cm³/mol. The van der Waals surface area contributed by atoms with Gasteiger partial charge in [-0.2, -0.15) is 4.98 Å². The molecule has 5 rings (SSSR count). The molecule has 4 aromatic rings. The van der Waals surface area contributed by atoms with Crippen molar-refractivity contribution in [2.24, 2.45) is 0 Å². The van der Waals surface area contributed by atoms with Gasteiger partial charge in [-0.1, -0.05) is 6.07 Å². The van der Waals surface area contributed by atoms with Crippen LogP contribution in [0.2, 0.25) is 0 Å². The third-order valence-electron chi connectivity index (χ3n) is 5.47. The fraction of sp³-hybridized carbons (Fsp3) is 0.273. The molecular weight excluding hydrogens is 415 g/mol. The Labute approximate surface area is 182 Å². The lowest BCUT2D eigenvalue weighted by Gasteiger charge is -2.32. The Kier molecular flexibility index (Phi) is 5.21. The van der Waals surface area contributed by atoms with Gasteiger partial charge in [0.1, 0.15) is 17.0 Å². The van der Waals surface area contributed by atoms with E-state index in [-0.39, 0.29) is 17.1 Å². The molecule has 158 valence electrons. The maximum absolute atomic E-state index is 13.5. The van der Waals surface area contributed by atoms with Gasteiger partial charge in [0, 0.05) is 36.6 Å². The highest BCUT2D eigenvalue weighted by Gasteiger charge is 2.20. The number of anilines is 1. The van der Waals surface area contributed by atoms with E-state index < -0.39 is 0 Å². The Morgan fingerprint density at radius 2 is 1.84 bits per heavy atom. The van der Waals surface area contributed by atoms with Crippen LogP contribution in [-0.2, 0) is 6.54 Å². The number of thiophene rings is 1. The first kappa shape index (κ1) is 19.8. The predicted octanol–water partition coefficient (Wildman–Crippen LogP) is 2.85. The molecule has 0 spiro atoms. The zero-order valence-electron chi connectivity index (χ0n) is 17.0. The first-order valence-electron chi connectivity index (χ1n) is 10.1. The molecule has 1 fully saturated rings. The number of rotatable bonds is 4. The minimum absolute atomic E-state index is 0.254. The number of fused-ring (bicyclic) bond motifs is 1. The number of halogens is 1. The van der Waals surface area contributed by atoms with Crippen molar-refractivity contribution in [3.63, 3.8) is 0 Å². The standard InChI is InChI=1S/C22H21FN6OS/c1-27-8-10-28(11-9-27)22-24-13-18-20(26-22)29(14-17-3-2-12-31-17)21(30)19(25-18)15-4-6-16(23)7-5-15/h2-7,12-13H,8-11,14H2,1H3. The zero-order valence-corrected chi connectivity index (χ0v) is 17.8. The van der Waals surface area contributed by atoms with E-state index in [0.29, 0.717) is 29.2 Å². The molecule has 4 heterocycles. The monoisotopic (exact) mass is 436 g/mol. The molecule has 3 aromatic heterocycles. The molecule has 0 N–H and O–H groups in total. The SMILES string of the molecule is CN1CCN(c2ncc3nc(-c4ccc(F)cc4)c(=O)n(Cc4cccs4)c3n2)CC1. The normalized spacial score (nSPS) is 15.0. The molecule has 0 amide bonds. The van der Waals surface area contributed by atoms with E-state index in [2.05, 4.69) is 26.8 Å². The molecule has 1 aromatic carbocycles. The Morgan fingerprint density at radius 3 is 2.55 bits per heavy atom. The molecule has 0 atom stereocenters. The van der Waals surface area contributed by atoms with Gasteiger partial charge < -0.3 is 9.80 Å². The Hall–Kier alpha value is -3.17. The minimum Gasteiger partial charge on any atom is -0.338 e. The molecule has 0 aliphatic carbocycles. The summed E-state index contributed by atoms with van der Waals surface area (Å²) in [6.45, 7) is 3.93. The lowest BCUT2D eigenvalue weighted by molar-refractivity contribution is 0.311. The van der Waals surface area contributed by atoms with Crippen molar-refractivity contribution in [2.45, 2.75) is 6.54 Å². The van der Waals surface area contributed by atoms with Gasteiger partial charge in [0.15, 0.2) is 5.65 Å². The third-order valence-corrected chi connectivity index (χ3v) is 6.33. The summed E-state index contributed by atoms with van der Waals surface area (Å²) in [6.07, 6.45) is 1.67. The molecule has 0 unspecified atom stereocenters. The number of benzene rings is 1. The van der Waals surface area contributed by atoms with E-state index in [0.717, 1.165) is 31.1 Å². The molecule has 1 aliphatic rings. The first-order chi connectivity index (χ1) is 15.1. The first-order valence-corrected chi connectivity index (χ1v) is 11.0. The molecule has 0 radical (unpaired) electrons. The summed E-state index contributed by atoms with van der Waals surface area (Å²) in [5.41, 5.74) is 1.62. The Morgan fingerprint density at radius 1 is 1.06 bits per heavy atom. The topological polar surface area (TPSA) is 67.2 Å². The van der Waals surface area contributed by atoms with E-state index in [1.165, 1.54) is 12.1 Å². The van der Waals surface area contributed by atoms with Crippen LogP contribution < -0.4 is 10.5 Å². The fourth-order valence-electron chi connectivity index (χ4n) is 3.69. The highest BCUT2D eigenvalue weighted by Crippen LogP contribution is 2.21. The lowest BCUT2D eigenvalue weighted by Crippen LogP contribution is -2.45. The molecular formula is C22H21FN6OS. The summed E-state index contributed by atoms with van der Waals surface area (Å²) >= 11 is 1.58. The lowest BCUT2D eigenvalue weighted by atomic mass is 10.1. The van der Waals surface area contributed by atoms with Gasteiger partial charge in [0.2, 0.25) is 5.95 Å². The van der Waals surface area contributed by atoms with E-state index in [9.17, 15) is 9.18 Å². The molecule has 1 aliphatic heterocycles. The molecule has 31 heavy (non-hydrogen) atoms. The summed E-state index contributed by atoms with van der Waals surface area (Å²) in [5.74, 6) is 0.250. The van der Waals surface area contributed by atoms with E-state index >= 15 is 0 Å². The second-order valence-electron chi connectivity index (χ2n) is 7.61. The summed E-state index contributed by atoms with van der Waals surface area (Å²) in [7, 11) is 2.10. The van der Waals surface area contributed by atoms with Crippen molar-refractivity contribution in [1.29, 1.82) is 0 Å². The second-order valence-corrected chi connectivity index (χ2v) is 8.64. The van der Waals surface area contributed by atoms with Crippen LogP contribution in [0.1, 0.15) is 4.88 Å². The average Bonchev–Trinajstić information content (AvgIpc) is 3.30. The van der Waals surface area contributed by atoms with Crippen LogP contribution in [-0.4, -0.2) is 57.6 Å². The van der Waals surface area contributed by atoms with Crippen molar-refractivity contribution < 1.29 is 4.39 Å². The van der Waals surface area contributed by atoms with E-state index in [1.807, 2.05) is 17.5 Å². The highest BCUT2D eigenvalue weighted by molar-refractivity contribution is 7.09. The smallest absolute Gasteiger partial charge is 0.279 e. The summed E-state index contributed by atoms with van der Waals surface area (Å²) < 4.78 is 15.0. The van der Waals surface area contributed by atoms with Gasteiger partial charge in [-0.3, -0.25) is 9.36 Å². The second kappa shape index (κ2) is 8.16. The molecule has 0 bridgehead atoms. The zero-order chi connectivity index (χ0) is 21.4. The van der Waals surface area contributed by atoms with Crippen LogP contribution in [0.5, 0.6) is 0 Å². The van der Waals surface area contributed by atoms with Crippen LogP contribution in [0.4, 0.5) is 10.3 Å². The van der Waals surface area contributed by atoms with Gasteiger partial charge >= 0.3 is 0 Å². The van der Waals surface area contributed by atoms with Crippen molar-refractivity contribution in [3.05, 3.63) is 69.0 Å². The van der Waals surface area contributed by atoms with E-state index in [4.69, 9.17) is 4.98 Å². The van der Waals surface area contributed by atoms with Gasteiger partial charge in [-0.05, 0) is 42.8 Å². The number of nitrogens with zero attached hydrogens (tertiary/aromatic N) is 6. The van der Waals surface area contributed by atoms with E-state index in [1.54, 1.807) is 34.2 Å². The van der Waals surface area contributed by atoms with Crippen LogP contribution in [0, 0.1) is 5.82 Å². The molecule has 0 saturated carbocycles. The Bertz CT molecular complexity index is 1260. The van der Waals surface area contributed by atoms with Gasteiger partial charge in [0.25, 0.3) is 5.56 Å².